The minimum Gasteiger partial charge on any atom is -0.481 e. The van der Waals surface area contributed by atoms with Gasteiger partial charge in [-0.2, -0.15) is 8.78 Å². The Bertz CT molecular complexity index is 556. The molecule has 0 spiro atoms. The largest absolute Gasteiger partial charge is 0.481 e. The molecule has 120 valence electrons. The number of nitrogens with one attached hydrogen (secondary N) is 1. The van der Waals surface area contributed by atoms with Gasteiger partial charge in [0.05, 0.1) is 11.1 Å². The van der Waals surface area contributed by atoms with Crippen molar-refractivity contribution < 1.29 is 28.2 Å². The fourth-order valence-electron chi connectivity index (χ4n) is 2.79. The van der Waals surface area contributed by atoms with Gasteiger partial charge in [0, 0.05) is 6.42 Å². The van der Waals surface area contributed by atoms with Gasteiger partial charge in [-0.15, -0.1) is 0 Å². The molecule has 0 atom stereocenters. The van der Waals surface area contributed by atoms with Crippen LogP contribution >= 0.6 is 0 Å². The predicted molar refractivity (Wildman–Crippen MR) is 74.9 cm³/mol. The first-order valence-electron chi connectivity index (χ1n) is 7.00. The van der Waals surface area contributed by atoms with E-state index in [0.29, 0.717) is 12.8 Å². The molecule has 0 radical (unpaired) electrons. The zero-order chi connectivity index (χ0) is 16.2. The highest BCUT2D eigenvalue weighted by Crippen LogP contribution is 2.41. The molecular formula is C15H17F2NO4. The maximum Gasteiger partial charge on any atom is 0.387 e. The molecule has 0 unspecified atom stereocenters. The van der Waals surface area contributed by atoms with Crippen LogP contribution in [0, 0.1) is 5.41 Å². The van der Waals surface area contributed by atoms with Gasteiger partial charge in [-0.3, -0.25) is 9.59 Å². The van der Waals surface area contributed by atoms with E-state index in [-0.39, 0.29) is 17.9 Å². The van der Waals surface area contributed by atoms with E-state index in [1.165, 1.54) is 18.2 Å². The Kier molecular flexibility index (Phi) is 4.95. The van der Waals surface area contributed by atoms with E-state index in [9.17, 15) is 23.5 Å². The van der Waals surface area contributed by atoms with Gasteiger partial charge in [0.25, 0.3) is 0 Å². The lowest BCUT2D eigenvalue weighted by atomic mass is 9.82. The second kappa shape index (κ2) is 6.72. The number of hydrogen-bond donors (Lipinski definition) is 2. The molecule has 2 rings (SSSR count). The molecule has 0 aromatic heterocycles. The zero-order valence-electron chi connectivity index (χ0n) is 11.9. The first-order valence-corrected chi connectivity index (χ1v) is 7.00. The van der Waals surface area contributed by atoms with Crippen molar-refractivity contribution in [1.29, 1.82) is 0 Å². The van der Waals surface area contributed by atoms with Gasteiger partial charge in [-0.1, -0.05) is 25.0 Å². The van der Waals surface area contributed by atoms with Crippen LogP contribution in [0.25, 0.3) is 0 Å². The van der Waals surface area contributed by atoms with Crippen LogP contribution in [0.5, 0.6) is 5.75 Å². The van der Waals surface area contributed by atoms with Gasteiger partial charge in [0.15, 0.2) is 0 Å². The first-order chi connectivity index (χ1) is 10.4. The Morgan fingerprint density at radius 3 is 2.50 bits per heavy atom. The van der Waals surface area contributed by atoms with Crippen LogP contribution in [-0.2, 0) is 9.59 Å². The quantitative estimate of drug-likeness (QED) is 0.845. The number of anilines is 1. The Labute approximate surface area is 126 Å². The fraction of sp³-hybridized carbons (Fsp3) is 0.467. The molecule has 1 aromatic rings. The van der Waals surface area contributed by atoms with E-state index in [4.69, 9.17) is 0 Å². The molecule has 1 aliphatic carbocycles. The molecule has 1 aromatic carbocycles. The molecule has 5 nitrogen and oxygen atoms in total. The maximum absolute atomic E-state index is 12.3. The molecule has 0 saturated heterocycles. The Hall–Kier alpha value is -2.18. The zero-order valence-corrected chi connectivity index (χ0v) is 11.9. The number of carboxylic acid groups (broad SMARTS) is 1. The SMILES string of the molecule is O=C(CC1(C(=O)O)CCCC1)Nc1ccccc1OC(F)F. The number of aliphatic carboxylic acids is 1. The highest BCUT2D eigenvalue weighted by molar-refractivity contribution is 5.95. The molecule has 1 amide bonds. The van der Waals surface area contributed by atoms with Crippen LogP contribution in [0.2, 0.25) is 0 Å². The number of amides is 1. The van der Waals surface area contributed by atoms with Gasteiger partial charge >= 0.3 is 12.6 Å². The van der Waals surface area contributed by atoms with Crippen LogP contribution in [0.3, 0.4) is 0 Å². The average molecular weight is 313 g/mol. The van der Waals surface area contributed by atoms with Crippen molar-refractivity contribution in [3.63, 3.8) is 0 Å². The maximum atomic E-state index is 12.3. The number of para-hydroxylation sites is 2. The molecule has 1 aliphatic rings. The topological polar surface area (TPSA) is 75.6 Å². The van der Waals surface area contributed by atoms with Crippen LogP contribution in [0.1, 0.15) is 32.1 Å². The molecular weight excluding hydrogens is 296 g/mol. The minimum atomic E-state index is -3.00. The van der Waals surface area contributed by atoms with Crippen molar-refractivity contribution in [2.45, 2.75) is 38.7 Å². The molecule has 7 heteroatoms. The number of rotatable bonds is 6. The Balaban J connectivity index is 2.07. The summed E-state index contributed by atoms with van der Waals surface area (Å²) in [6.07, 6.45) is 2.26. The molecule has 0 bridgehead atoms. The van der Waals surface area contributed by atoms with Crippen LogP contribution in [-0.4, -0.2) is 23.6 Å². The lowest BCUT2D eigenvalue weighted by molar-refractivity contribution is -0.150. The average Bonchev–Trinajstić information content (AvgIpc) is 2.90. The van der Waals surface area contributed by atoms with Gasteiger partial charge in [0.1, 0.15) is 5.75 Å². The molecule has 0 heterocycles. The van der Waals surface area contributed by atoms with Crippen molar-refractivity contribution in [2.24, 2.45) is 5.41 Å². The molecule has 1 saturated carbocycles. The van der Waals surface area contributed by atoms with Gasteiger partial charge in [-0.25, -0.2) is 0 Å². The summed E-state index contributed by atoms with van der Waals surface area (Å²) in [7, 11) is 0. The standard InChI is InChI=1S/C15H17F2NO4/c16-14(17)22-11-6-2-1-5-10(11)18-12(19)9-15(13(20)21)7-3-4-8-15/h1-2,5-6,14H,3-4,7-9H2,(H,18,19)(H,20,21). The number of alkyl halides is 2. The molecule has 0 aliphatic heterocycles. The van der Waals surface area contributed by atoms with E-state index in [1.807, 2.05) is 0 Å². The fourth-order valence-corrected chi connectivity index (χ4v) is 2.79. The van der Waals surface area contributed by atoms with Crippen LogP contribution < -0.4 is 10.1 Å². The van der Waals surface area contributed by atoms with Crippen LogP contribution in [0.15, 0.2) is 24.3 Å². The van der Waals surface area contributed by atoms with Crippen LogP contribution in [0.4, 0.5) is 14.5 Å². The second-order valence-electron chi connectivity index (χ2n) is 5.39. The summed E-state index contributed by atoms with van der Waals surface area (Å²) < 4.78 is 29.0. The summed E-state index contributed by atoms with van der Waals surface area (Å²) in [5.74, 6) is -1.66. The van der Waals surface area contributed by atoms with E-state index in [1.54, 1.807) is 6.07 Å². The number of carboxylic acids is 1. The van der Waals surface area contributed by atoms with E-state index < -0.39 is 23.9 Å². The Morgan fingerprint density at radius 1 is 1.27 bits per heavy atom. The highest BCUT2D eigenvalue weighted by atomic mass is 19.3. The third kappa shape index (κ3) is 3.72. The van der Waals surface area contributed by atoms with Crippen molar-refractivity contribution >= 4 is 17.6 Å². The summed E-state index contributed by atoms with van der Waals surface area (Å²) in [4.78, 5) is 23.5. The minimum absolute atomic E-state index is 0.103. The smallest absolute Gasteiger partial charge is 0.387 e. The second-order valence-corrected chi connectivity index (χ2v) is 5.39. The summed E-state index contributed by atoms with van der Waals surface area (Å²) in [6, 6.07) is 5.81. The van der Waals surface area contributed by atoms with Gasteiger partial charge < -0.3 is 15.2 Å². The number of ether oxygens (including phenoxy) is 1. The highest BCUT2D eigenvalue weighted by Gasteiger charge is 2.43. The Morgan fingerprint density at radius 2 is 1.91 bits per heavy atom. The molecule has 2 N–H and O–H groups in total. The molecule has 22 heavy (non-hydrogen) atoms. The summed E-state index contributed by atoms with van der Waals surface area (Å²) in [6.45, 7) is -3.00. The summed E-state index contributed by atoms with van der Waals surface area (Å²) in [5, 5.41) is 11.8. The van der Waals surface area contributed by atoms with E-state index in [2.05, 4.69) is 10.1 Å². The van der Waals surface area contributed by atoms with Crippen molar-refractivity contribution in [3.8, 4) is 5.75 Å². The number of carbonyl (C=O) groups excluding carboxylic acids is 1. The lowest BCUT2D eigenvalue weighted by Crippen LogP contribution is -2.32. The summed E-state index contributed by atoms with van der Waals surface area (Å²) in [5.41, 5.74) is -0.950. The van der Waals surface area contributed by atoms with E-state index >= 15 is 0 Å². The number of carbonyl (C=O) groups is 2. The number of benzene rings is 1. The van der Waals surface area contributed by atoms with Gasteiger partial charge in [-0.05, 0) is 25.0 Å². The van der Waals surface area contributed by atoms with Crippen molar-refractivity contribution in [1.82, 2.24) is 0 Å². The first kappa shape index (κ1) is 16.2. The van der Waals surface area contributed by atoms with Gasteiger partial charge in [0.2, 0.25) is 5.91 Å². The normalized spacial score (nSPS) is 16.5. The monoisotopic (exact) mass is 313 g/mol. The third-order valence-electron chi connectivity index (χ3n) is 3.89. The van der Waals surface area contributed by atoms with E-state index in [0.717, 1.165) is 12.8 Å². The van der Waals surface area contributed by atoms with Crippen molar-refractivity contribution in [2.75, 3.05) is 5.32 Å². The number of hydrogen-bond acceptors (Lipinski definition) is 3. The number of halogens is 2. The molecule has 1 fully saturated rings. The van der Waals surface area contributed by atoms with Crippen molar-refractivity contribution in [3.05, 3.63) is 24.3 Å². The summed E-state index contributed by atoms with van der Waals surface area (Å²) >= 11 is 0. The lowest BCUT2D eigenvalue weighted by Gasteiger charge is -2.23. The third-order valence-corrected chi connectivity index (χ3v) is 3.89. The predicted octanol–water partition coefficient (Wildman–Crippen LogP) is 3.26.